The summed E-state index contributed by atoms with van der Waals surface area (Å²) in [5, 5.41) is 7.04. The highest BCUT2D eigenvalue weighted by Gasteiger charge is 2.15. The van der Waals surface area contributed by atoms with Gasteiger partial charge in [-0.2, -0.15) is 0 Å². The van der Waals surface area contributed by atoms with Crippen LogP contribution in [0.25, 0.3) is 16.2 Å². The lowest BCUT2D eigenvalue weighted by atomic mass is 10.2. The summed E-state index contributed by atoms with van der Waals surface area (Å²) in [6.45, 7) is 1.96. The summed E-state index contributed by atoms with van der Waals surface area (Å²) in [6, 6.07) is 6.07. The fourth-order valence-electron chi connectivity index (χ4n) is 2.25. The Morgan fingerprint density at radius 1 is 1.17 bits per heavy atom. The van der Waals surface area contributed by atoms with E-state index in [1.165, 1.54) is 34.8 Å². The zero-order chi connectivity index (χ0) is 16.7. The molecule has 0 atom stereocenters. The van der Waals surface area contributed by atoms with E-state index in [1.54, 1.807) is 18.3 Å². The molecule has 0 spiro atoms. The molecule has 4 rings (SSSR count). The fourth-order valence-corrected chi connectivity index (χ4v) is 3.81. The molecular formula is C16H11FN4OS2. The number of carbonyl (C=O) groups is 1. The molecule has 0 radical (unpaired) electrons. The summed E-state index contributed by atoms with van der Waals surface area (Å²) in [5.74, 6) is -0.595. The van der Waals surface area contributed by atoms with Crippen molar-refractivity contribution in [2.75, 3.05) is 5.32 Å². The van der Waals surface area contributed by atoms with Crippen LogP contribution in [0.5, 0.6) is 0 Å². The molecule has 0 fully saturated rings. The number of rotatable bonds is 3. The molecule has 0 aliphatic heterocycles. The number of nitrogens with zero attached hydrogens (tertiary/aromatic N) is 3. The third kappa shape index (κ3) is 2.70. The van der Waals surface area contributed by atoms with Crippen molar-refractivity contribution in [2.45, 2.75) is 6.92 Å². The van der Waals surface area contributed by atoms with E-state index < -0.39 is 0 Å². The largest absolute Gasteiger partial charge is 0.296 e. The molecule has 3 aromatic heterocycles. The lowest BCUT2D eigenvalue weighted by Crippen LogP contribution is -2.12. The molecule has 1 aromatic carbocycles. The van der Waals surface area contributed by atoms with E-state index in [0.29, 0.717) is 16.5 Å². The highest BCUT2D eigenvalue weighted by molar-refractivity contribution is 7.15. The van der Waals surface area contributed by atoms with Gasteiger partial charge >= 0.3 is 0 Å². The normalized spacial score (nSPS) is 11.1. The Hall–Kier alpha value is -2.58. The molecule has 0 unspecified atom stereocenters. The molecule has 1 amide bonds. The standard InChI is InChI=1S/C16H11FN4OS2/c1-9-7-24-16-19-12(6-21(9)16)14(22)20-15-18-13(8-23-15)10-2-4-11(17)5-3-10/h2-8H,1H3,(H,18,20,22). The maximum absolute atomic E-state index is 13.0. The Morgan fingerprint density at radius 2 is 1.96 bits per heavy atom. The van der Waals surface area contributed by atoms with Gasteiger partial charge in [-0.1, -0.05) is 0 Å². The van der Waals surface area contributed by atoms with Crippen LogP contribution in [-0.4, -0.2) is 20.3 Å². The number of halogens is 1. The number of hydrogen-bond acceptors (Lipinski definition) is 5. The zero-order valence-corrected chi connectivity index (χ0v) is 14.1. The summed E-state index contributed by atoms with van der Waals surface area (Å²) in [6.07, 6.45) is 1.71. The van der Waals surface area contributed by atoms with Crippen LogP contribution in [0.4, 0.5) is 9.52 Å². The molecule has 24 heavy (non-hydrogen) atoms. The van der Waals surface area contributed by atoms with Crippen molar-refractivity contribution < 1.29 is 9.18 Å². The van der Waals surface area contributed by atoms with Gasteiger partial charge in [-0.25, -0.2) is 14.4 Å². The van der Waals surface area contributed by atoms with Crippen LogP contribution in [0.3, 0.4) is 0 Å². The molecule has 1 N–H and O–H groups in total. The van der Waals surface area contributed by atoms with Crippen LogP contribution in [0.2, 0.25) is 0 Å². The van der Waals surface area contributed by atoms with Crippen LogP contribution in [0.1, 0.15) is 16.2 Å². The van der Waals surface area contributed by atoms with E-state index in [1.807, 2.05) is 22.1 Å². The second kappa shape index (κ2) is 5.81. The van der Waals surface area contributed by atoms with Crippen LogP contribution < -0.4 is 5.32 Å². The van der Waals surface area contributed by atoms with Gasteiger partial charge in [0.1, 0.15) is 11.5 Å². The maximum atomic E-state index is 13.0. The average molecular weight is 358 g/mol. The molecule has 0 saturated carbocycles. The molecular weight excluding hydrogens is 347 g/mol. The number of aromatic nitrogens is 3. The third-order valence-corrected chi connectivity index (χ3v) is 5.20. The van der Waals surface area contributed by atoms with Gasteiger partial charge < -0.3 is 0 Å². The van der Waals surface area contributed by atoms with Crippen molar-refractivity contribution in [3.8, 4) is 11.3 Å². The van der Waals surface area contributed by atoms with Gasteiger partial charge in [0.25, 0.3) is 5.91 Å². The van der Waals surface area contributed by atoms with Gasteiger partial charge in [0.2, 0.25) is 0 Å². The summed E-state index contributed by atoms with van der Waals surface area (Å²) in [5.41, 5.74) is 2.88. The van der Waals surface area contributed by atoms with E-state index in [4.69, 9.17) is 0 Å². The lowest BCUT2D eigenvalue weighted by Gasteiger charge is -1.98. The zero-order valence-electron chi connectivity index (χ0n) is 12.5. The summed E-state index contributed by atoms with van der Waals surface area (Å²) >= 11 is 2.80. The van der Waals surface area contributed by atoms with Gasteiger partial charge in [0.05, 0.1) is 5.69 Å². The SMILES string of the molecule is Cc1csc2nc(C(=O)Nc3nc(-c4ccc(F)cc4)cs3)cn12. The summed E-state index contributed by atoms with van der Waals surface area (Å²) in [4.78, 5) is 21.8. The van der Waals surface area contributed by atoms with Crippen LogP contribution >= 0.6 is 22.7 Å². The van der Waals surface area contributed by atoms with Crippen LogP contribution in [-0.2, 0) is 0 Å². The van der Waals surface area contributed by atoms with Gasteiger partial charge in [-0.05, 0) is 31.2 Å². The molecule has 0 saturated heterocycles. The fraction of sp³-hybridized carbons (Fsp3) is 0.0625. The molecule has 3 heterocycles. The number of hydrogen-bond donors (Lipinski definition) is 1. The molecule has 0 aliphatic carbocycles. The van der Waals surface area contributed by atoms with Crippen molar-refractivity contribution in [3.05, 3.63) is 58.4 Å². The number of carbonyl (C=O) groups excluding carboxylic acids is 1. The predicted molar refractivity (Wildman–Crippen MR) is 93.3 cm³/mol. The highest BCUT2D eigenvalue weighted by Crippen LogP contribution is 2.25. The summed E-state index contributed by atoms with van der Waals surface area (Å²) < 4.78 is 14.9. The number of thiazole rings is 2. The molecule has 0 aliphatic rings. The number of benzene rings is 1. The monoisotopic (exact) mass is 358 g/mol. The van der Waals surface area contributed by atoms with Crippen molar-refractivity contribution in [1.29, 1.82) is 0 Å². The van der Waals surface area contributed by atoms with Gasteiger partial charge in [-0.15, -0.1) is 22.7 Å². The van der Waals surface area contributed by atoms with Crippen molar-refractivity contribution in [2.24, 2.45) is 0 Å². The number of imidazole rings is 1. The number of nitrogens with one attached hydrogen (secondary N) is 1. The Balaban J connectivity index is 1.54. The predicted octanol–water partition coefficient (Wildman–Crippen LogP) is 4.22. The third-order valence-electron chi connectivity index (χ3n) is 3.49. The van der Waals surface area contributed by atoms with Crippen molar-refractivity contribution in [1.82, 2.24) is 14.4 Å². The first-order chi connectivity index (χ1) is 11.6. The van der Waals surface area contributed by atoms with E-state index in [0.717, 1.165) is 16.2 Å². The Morgan fingerprint density at radius 3 is 2.71 bits per heavy atom. The first-order valence-corrected chi connectivity index (χ1v) is 8.82. The first-order valence-electron chi connectivity index (χ1n) is 7.06. The number of amides is 1. The minimum atomic E-state index is -0.301. The van der Waals surface area contributed by atoms with Crippen molar-refractivity contribution in [3.63, 3.8) is 0 Å². The summed E-state index contributed by atoms with van der Waals surface area (Å²) in [7, 11) is 0. The Bertz CT molecular complexity index is 1030. The number of anilines is 1. The second-order valence-corrected chi connectivity index (χ2v) is 6.85. The van der Waals surface area contributed by atoms with Crippen LogP contribution in [0.15, 0.2) is 41.2 Å². The Kier molecular flexibility index (Phi) is 3.62. The van der Waals surface area contributed by atoms with Gasteiger partial charge in [-0.3, -0.25) is 14.5 Å². The Labute approximate surface area is 144 Å². The molecule has 8 heteroatoms. The first kappa shape index (κ1) is 15.0. The number of fused-ring (bicyclic) bond motifs is 1. The maximum Gasteiger partial charge on any atom is 0.277 e. The van der Waals surface area contributed by atoms with E-state index in [-0.39, 0.29) is 11.7 Å². The molecule has 5 nitrogen and oxygen atoms in total. The van der Waals surface area contributed by atoms with E-state index in [9.17, 15) is 9.18 Å². The lowest BCUT2D eigenvalue weighted by molar-refractivity contribution is 0.102. The number of aryl methyl sites for hydroxylation is 1. The molecule has 4 aromatic rings. The molecule has 0 bridgehead atoms. The van der Waals surface area contributed by atoms with Crippen LogP contribution in [0, 0.1) is 12.7 Å². The van der Waals surface area contributed by atoms with Gasteiger partial charge in [0.15, 0.2) is 10.1 Å². The highest BCUT2D eigenvalue weighted by atomic mass is 32.1. The van der Waals surface area contributed by atoms with E-state index >= 15 is 0 Å². The second-order valence-electron chi connectivity index (χ2n) is 5.15. The van der Waals surface area contributed by atoms with E-state index in [2.05, 4.69) is 15.3 Å². The average Bonchev–Trinajstić information content (AvgIpc) is 3.26. The topological polar surface area (TPSA) is 59.3 Å². The minimum absolute atomic E-state index is 0.294. The minimum Gasteiger partial charge on any atom is -0.296 e. The van der Waals surface area contributed by atoms with Crippen molar-refractivity contribution >= 4 is 38.7 Å². The molecule has 120 valence electrons. The van der Waals surface area contributed by atoms with Gasteiger partial charge in [0, 0.05) is 28.2 Å². The smallest absolute Gasteiger partial charge is 0.277 e. The quantitative estimate of drug-likeness (QED) is 0.596.